The fourth-order valence-corrected chi connectivity index (χ4v) is 3.81. The predicted octanol–water partition coefficient (Wildman–Crippen LogP) is 5.75. The van der Waals surface area contributed by atoms with Crippen LogP contribution in [-0.2, 0) is 6.42 Å². The second-order valence-electron chi connectivity index (χ2n) is 7.04. The normalized spacial score (nSPS) is 11.6. The fourth-order valence-electron chi connectivity index (χ4n) is 3.33. The van der Waals surface area contributed by atoms with Gasteiger partial charge in [-0.25, -0.2) is 4.98 Å². The van der Waals surface area contributed by atoms with Crippen LogP contribution >= 0.6 is 27.5 Å². The summed E-state index contributed by atoms with van der Waals surface area (Å²) in [6, 6.07) is 15.3. The Morgan fingerprint density at radius 2 is 2.03 bits per heavy atom. The van der Waals surface area contributed by atoms with Crippen LogP contribution in [0.2, 0.25) is 5.02 Å². The first-order valence-corrected chi connectivity index (χ1v) is 10.8. The molecular weight excluding hydrogens is 464 g/mol. The van der Waals surface area contributed by atoms with Crippen LogP contribution in [0.4, 0.5) is 0 Å². The number of nitrogens with zero attached hydrogens (tertiary/aromatic N) is 4. The Bertz CT molecular complexity index is 1320. The SMILES string of the molecule is CCCc1nc2ccc(Br)cc2c(=O)n1N=Cc1cccn1-c1ccc(Cl)c(C)c1. The number of hydrogen-bond donors (Lipinski definition) is 0. The Morgan fingerprint density at radius 1 is 1.20 bits per heavy atom. The molecule has 152 valence electrons. The number of rotatable bonds is 5. The lowest BCUT2D eigenvalue weighted by Crippen LogP contribution is -2.22. The molecule has 0 fully saturated rings. The lowest BCUT2D eigenvalue weighted by Gasteiger charge is -2.10. The number of hydrogen-bond acceptors (Lipinski definition) is 3. The molecule has 2 heterocycles. The van der Waals surface area contributed by atoms with E-state index in [1.54, 1.807) is 12.3 Å². The number of benzene rings is 2. The van der Waals surface area contributed by atoms with Gasteiger partial charge in [-0.2, -0.15) is 9.78 Å². The van der Waals surface area contributed by atoms with E-state index in [4.69, 9.17) is 11.6 Å². The van der Waals surface area contributed by atoms with Gasteiger partial charge in [-0.15, -0.1) is 0 Å². The lowest BCUT2D eigenvalue weighted by atomic mass is 10.2. The highest BCUT2D eigenvalue weighted by atomic mass is 79.9. The van der Waals surface area contributed by atoms with Crippen LogP contribution < -0.4 is 5.56 Å². The fraction of sp³-hybridized carbons (Fsp3) is 0.174. The molecule has 0 radical (unpaired) electrons. The first-order valence-electron chi connectivity index (χ1n) is 9.67. The van der Waals surface area contributed by atoms with Gasteiger partial charge in [0.05, 0.1) is 22.8 Å². The second-order valence-corrected chi connectivity index (χ2v) is 8.36. The molecule has 0 aliphatic rings. The van der Waals surface area contributed by atoms with Crippen molar-refractivity contribution in [3.05, 3.63) is 91.7 Å². The molecule has 0 saturated heterocycles. The van der Waals surface area contributed by atoms with Crippen molar-refractivity contribution >= 4 is 44.6 Å². The van der Waals surface area contributed by atoms with Crippen molar-refractivity contribution in [1.82, 2.24) is 14.2 Å². The quantitative estimate of drug-likeness (QED) is 0.340. The maximum Gasteiger partial charge on any atom is 0.282 e. The standard InChI is InChI=1S/C23H20BrClN4O/c1-3-5-22-27-21-10-7-16(24)13-19(21)23(30)29(22)26-14-18-6-4-11-28(18)17-8-9-20(25)15(2)12-17/h4,6-14H,3,5H2,1-2H3. The zero-order chi connectivity index (χ0) is 21.3. The van der Waals surface area contributed by atoms with E-state index in [1.165, 1.54) is 4.68 Å². The van der Waals surface area contributed by atoms with E-state index in [-0.39, 0.29) is 5.56 Å². The molecule has 2 aromatic carbocycles. The van der Waals surface area contributed by atoms with E-state index < -0.39 is 0 Å². The van der Waals surface area contributed by atoms with Gasteiger partial charge in [0.2, 0.25) is 0 Å². The van der Waals surface area contributed by atoms with Crippen LogP contribution in [0.1, 0.15) is 30.4 Å². The van der Waals surface area contributed by atoms with Gasteiger partial charge >= 0.3 is 0 Å². The Labute approximate surface area is 187 Å². The van der Waals surface area contributed by atoms with Crippen molar-refractivity contribution in [2.75, 3.05) is 0 Å². The van der Waals surface area contributed by atoms with Gasteiger partial charge in [0.1, 0.15) is 5.82 Å². The summed E-state index contributed by atoms with van der Waals surface area (Å²) in [5.74, 6) is 0.647. The summed E-state index contributed by atoms with van der Waals surface area (Å²) in [7, 11) is 0. The summed E-state index contributed by atoms with van der Waals surface area (Å²) in [6.45, 7) is 4.03. The molecule has 5 nitrogen and oxygen atoms in total. The third-order valence-corrected chi connectivity index (χ3v) is 5.77. The van der Waals surface area contributed by atoms with Crippen molar-refractivity contribution in [2.24, 2.45) is 5.10 Å². The minimum absolute atomic E-state index is 0.179. The molecule has 0 amide bonds. The van der Waals surface area contributed by atoms with Crippen LogP contribution in [0, 0.1) is 6.92 Å². The van der Waals surface area contributed by atoms with Gasteiger partial charge < -0.3 is 4.57 Å². The highest BCUT2D eigenvalue weighted by Gasteiger charge is 2.11. The maximum absolute atomic E-state index is 13.1. The monoisotopic (exact) mass is 482 g/mol. The Balaban J connectivity index is 1.81. The smallest absolute Gasteiger partial charge is 0.282 e. The van der Waals surface area contributed by atoms with E-state index in [1.807, 2.05) is 60.2 Å². The maximum atomic E-state index is 13.1. The Hall–Kier alpha value is -2.70. The molecule has 0 atom stereocenters. The van der Waals surface area contributed by atoms with Gasteiger partial charge in [-0.05, 0) is 67.4 Å². The lowest BCUT2D eigenvalue weighted by molar-refractivity contribution is 0.703. The topological polar surface area (TPSA) is 52.2 Å². The van der Waals surface area contributed by atoms with Gasteiger partial charge in [-0.1, -0.05) is 34.5 Å². The van der Waals surface area contributed by atoms with E-state index in [0.29, 0.717) is 23.1 Å². The first kappa shape index (κ1) is 20.6. The third-order valence-electron chi connectivity index (χ3n) is 4.85. The van der Waals surface area contributed by atoms with Crippen molar-refractivity contribution in [3.8, 4) is 5.69 Å². The van der Waals surface area contributed by atoms with Crippen LogP contribution in [0.15, 0.2) is 69.1 Å². The molecule has 0 aliphatic heterocycles. The van der Waals surface area contributed by atoms with Crippen molar-refractivity contribution in [3.63, 3.8) is 0 Å². The molecule has 4 aromatic rings. The predicted molar refractivity (Wildman–Crippen MR) is 126 cm³/mol. The van der Waals surface area contributed by atoms with Gasteiger partial charge in [-0.3, -0.25) is 4.79 Å². The zero-order valence-corrected chi connectivity index (χ0v) is 19.0. The Morgan fingerprint density at radius 3 is 2.80 bits per heavy atom. The molecule has 0 N–H and O–H groups in total. The summed E-state index contributed by atoms with van der Waals surface area (Å²) in [6.07, 6.45) is 5.17. The van der Waals surface area contributed by atoms with Crippen molar-refractivity contribution in [2.45, 2.75) is 26.7 Å². The van der Waals surface area contributed by atoms with Crippen LogP contribution in [0.3, 0.4) is 0 Å². The highest BCUT2D eigenvalue weighted by Crippen LogP contribution is 2.20. The largest absolute Gasteiger partial charge is 0.316 e. The first-order chi connectivity index (χ1) is 14.5. The average molecular weight is 484 g/mol. The summed E-state index contributed by atoms with van der Waals surface area (Å²) >= 11 is 9.59. The molecule has 0 bridgehead atoms. The van der Waals surface area contributed by atoms with Gasteiger partial charge in [0.15, 0.2) is 0 Å². The number of halogens is 2. The summed E-state index contributed by atoms with van der Waals surface area (Å²) in [4.78, 5) is 17.8. The minimum atomic E-state index is -0.179. The molecule has 0 unspecified atom stereocenters. The molecule has 0 saturated carbocycles. The summed E-state index contributed by atoms with van der Waals surface area (Å²) < 4.78 is 4.24. The number of fused-ring (bicyclic) bond motifs is 1. The van der Waals surface area contributed by atoms with E-state index in [9.17, 15) is 4.79 Å². The molecule has 0 spiro atoms. The Kier molecular flexibility index (Phi) is 5.88. The molecule has 7 heteroatoms. The van der Waals surface area contributed by atoms with E-state index >= 15 is 0 Å². The van der Waals surface area contributed by atoms with E-state index in [2.05, 4.69) is 32.9 Å². The average Bonchev–Trinajstić information content (AvgIpc) is 3.19. The van der Waals surface area contributed by atoms with Crippen LogP contribution in [0.5, 0.6) is 0 Å². The summed E-state index contributed by atoms with van der Waals surface area (Å²) in [5, 5.41) is 5.79. The van der Waals surface area contributed by atoms with Crippen molar-refractivity contribution in [1.29, 1.82) is 0 Å². The second kappa shape index (κ2) is 8.58. The summed E-state index contributed by atoms with van der Waals surface area (Å²) in [5.41, 5.74) is 3.32. The van der Waals surface area contributed by atoms with Gasteiger partial charge in [0, 0.05) is 27.8 Å². The van der Waals surface area contributed by atoms with Crippen molar-refractivity contribution < 1.29 is 0 Å². The van der Waals surface area contributed by atoms with Gasteiger partial charge in [0.25, 0.3) is 5.56 Å². The van der Waals surface area contributed by atoms with Crippen LogP contribution in [0.25, 0.3) is 16.6 Å². The minimum Gasteiger partial charge on any atom is -0.316 e. The van der Waals surface area contributed by atoms with E-state index in [0.717, 1.165) is 32.9 Å². The molecule has 2 aromatic heterocycles. The highest BCUT2D eigenvalue weighted by molar-refractivity contribution is 9.10. The zero-order valence-electron chi connectivity index (χ0n) is 16.6. The number of aromatic nitrogens is 3. The molecule has 0 aliphatic carbocycles. The molecular formula is C23H20BrClN4O. The number of aryl methyl sites for hydroxylation is 2. The third kappa shape index (κ3) is 3.98. The molecule has 4 rings (SSSR count). The molecule has 30 heavy (non-hydrogen) atoms. The van der Waals surface area contributed by atoms with Crippen LogP contribution in [-0.4, -0.2) is 20.4 Å².